The first-order chi connectivity index (χ1) is 19.0. The molecule has 0 radical (unpaired) electrons. The number of aliphatic hydroxyl groups excluding tert-OH is 1. The molecule has 4 nitrogen and oxygen atoms in total. The Bertz CT molecular complexity index is 1510. The number of amides is 1. The lowest BCUT2D eigenvalue weighted by Crippen LogP contribution is -2.27. The quantitative estimate of drug-likeness (QED) is 0.249. The lowest BCUT2D eigenvalue weighted by atomic mass is 9.98. The minimum Gasteiger partial charge on any atom is -0.387 e. The van der Waals surface area contributed by atoms with Crippen LogP contribution < -0.4 is 4.90 Å². The van der Waals surface area contributed by atoms with Crippen LogP contribution in [-0.2, 0) is 23.6 Å². The van der Waals surface area contributed by atoms with Gasteiger partial charge in [-0.3, -0.25) is 9.59 Å². The second kappa shape index (κ2) is 11.9. The number of anilines is 1. The number of carbonyl (C=O) groups excluding carboxylic acids is 2. The van der Waals surface area contributed by atoms with E-state index >= 15 is 0 Å². The molecule has 0 heterocycles. The predicted molar refractivity (Wildman–Crippen MR) is 150 cm³/mol. The third-order valence-electron chi connectivity index (χ3n) is 6.81. The van der Waals surface area contributed by atoms with Gasteiger partial charge in [-0.15, -0.1) is 0 Å². The van der Waals surface area contributed by atoms with Gasteiger partial charge in [0.2, 0.25) is 0 Å². The number of hydrogen-bond donors (Lipinski definition) is 1. The van der Waals surface area contributed by atoms with E-state index in [0.29, 0.717) is 27.9 Å². The number of benzene rings is 4. The second-order valence-electron chi connectivity index (χ2n) is 9.99. The lowest BCUT2D eigenvalue weighted by molar-refractivity contribution is -0.117. The molecule has 0 aliphatic heterocycles. The van der Waals surface area contributed by atoms with Crippen molar-refractivity contribution in [2.24, 2.45) is 0 Å². The monoisotopic (exact) mass is 545 g/mol. The van der Waals surface area contributed by atoms with Crippen LogP contribution >= 0.6 is 0 Å². The minimum atomic E-state index is -3.36. The average Bonchev–Trinajstić information content (AvgIpc) is 2.92. The van der Waals surface area contributed by atoms with Crippen LogP contribution in [0.3, 0.4) is 0 Å². The summed E-state index contributed by atoms with van der Waals surface area (Å²) in [6.07, 6.45) is -1.62. The molecule has 1 unspecified atom stereocenters. The zero-order chi connectivity index (χ0) is 29.0. The molecule has 40 heavy (non-hydrogen) atoms. The Labute approximate surface area is 231 Å². The zero-order valence-electron chi connectivity index (χ0n) is 22.5. The van der Waals surface area contributed by atoms with Gasteiger partial charge in [-0.1, -0.05) is 60.7 Å². The van der Waals surface area contributed by atoms with E-state index in [-0.39, 0.29) is 35.9 Å². The maximum atomic E-state index is 14.4. The number of halogens is 3. The van der Waals surface area contributed by atoms with Crippen LogP contribution in [0, 0.1) is 12.7 Å². The predicted octanol–water partition coefficient (Wildman–Crippen LogP) is 6.90. The number of rotatable bonds is 9. The number of alkyl halides is 2. The van der Waals surface area contributed by atoms with Crippen LogP contribution in [0.2, 0.25) is 0 Å². The standard InChI is InChI=1S/C33H30F3NO3/c1-21-16-26(30-6-4-5-7-31(30)34)20-28(17-21)37(3)32(40)25-12-8-23(9-13-25)18-29(39)19-24-10-14-27(15-11-24)33(35,36)22(2)38/h4-17,20,22,38H,18-19H2,1-3H3. The number of Topliss-reactive ketones (excluding diaryl/α,β-unsaturated/α-hetero) is 1. The molecule has 0 aliphatic carbocycles. The molecule has 1 amide bonds. The summed E-state index contributed by atoms with van der Waals surface area (Å²) in [5.74, 6) is -4.06. The van der Waals surface area contributed by atoms with Crippen molar-refractivity contribution in [3.8, 4) is 11.1 Å². The van der Waals surface area contributed by atoms with Crippen molar-refractivity contribution in [2.45, 2.75) is 38.7 Å². The van der Waals surface area contributed by atoms with Crippen molar-refractivity contribution in [1.82, 2.24) is 0 Å². The molecule has 0 bridgehead atoms. The first kappa shape index (κ1) is 28.8. The summed E-state index contributed by atoms with van der Waals surface area (Å²) in [5.41, 5.74) is 4.08. The molecule has 0 saturated heterocycles. The van der Waals surface area contributed by atoms with Gasteiger partial charge in [0.25, 0.3) is 11.8 Å². The third kappa shape index (κ3) is 6.49. The Kier molecular flexibility index (Phi) is 8.55. The minimum absolute atomic E-state index is 0.0711. The highest BCUT2D eigenvalue weighted by atomic mass is 19.3. The molecule has 0 saturated carbocycles. The van der Waals surface area contributed by atoms with Gasteiger partial charge in [-0.25, -0.2) is 4.39 Å². The van der Waals surface area contributed by atoms with E-state index in [1.54, 1.807) is 55.6 Å². The Morgan fingerprint density at radius 3 is 2.02 bits per heavy atom. The molecular formula is C33H30F3NO3. The van der Waals surface area contributed by atoms with Gasteiger partial charge in [0, 0.05) is 42.3 Å². The third-order valence-corrected chi connectivity index (χ3v) is 6.81. The summed E-state index contributed by atoms with van der Waals surface area (Å²) in [6, 6.07) is 24.1. The van der Waals surface area contributed by atoms with Crippen molar-refractivity contribution >= 4 is 17.4 Å². The number of aryl methyl sites for hydroxylation is 1. The summed E-state index contributed by atoms with van der Waals surface area (Å²) in [5, 5.41) is 9.29. The molecule has 0 aromatic heterocycles. The highest BCUT2D eigenvalue weighted by Crippen LogP contribution is 2.32. The topological polar surface area (TPSA) is 57.6 Å². The van der Waals surface area contributed by atoms with Crippen molar-refractivity contribution in [3.63, 3.8) is 0 Å². The van der Waals surface area contributed by atoms with Crippen LogP contribution in [0.1, 0.15) is 39.5 Å². The van der Waals surface area contributed by atoms with Crippen molar-refractivity contribution in [1.29, 1.82) is 0 Å². The zero-order valence-corrected chi connectivity index (χ0v) is 22.5. The molecule has 1 N–H and O–H groups in total. The van der Waals surface area contributed by atoms with Crippen LogP contribution in [0.4, 0.5) is 18.9 Å². The first-order valence-corrected chi connectivity index (χ1v) is 12.9. The van der Waals surface area contributed by atoms with Gasteiger partial charge in [-0.05, 0) is 66.4 Å². The normalized spacial score (nSPS) is 12.2. The van der Waals surface area contributed by atoms with Crippen LogP contribution in [0.25, 0.3) is 11.1 Å². The molecule has 206 valence electrons. The van der Waals surface area contributed by atoms with E-state index in [2.05, 4.69) is 0 Å². The largest absolute Gasteiger partial charge is 0.387 e. The summed E-state index contributed by atoms with van der Waals surface area (Å²) >= 11 is 0. The van der Waals surface area contributed by atoms with Gasteiger partial charge in [0.05, 0.1) is 0 Å². The molecule has 4 aromatic carbocycles. The molecule has 4 aromatic rings. The highest BCUT2D eigenvalue weighted by Gasteiger charge is 2.37. The number of nitrogens with zero attached hydrogens (tertiary/aromatic N) is 1. The van der Waals surface area contributed by atoms with Crippen LogP contribution in [-0.4, -0.2) is 29.9 Å². The van der Waals surface area contributed by atoms with E-state index in [0.717, 1.165) is 18.1 Å². The maximum absolute atomic E-state index is 14.4. The van der Waals surface area contributed by atoms with E-state index in [1.807, 2.05) is 19.1 Å². The average molecular weight is 546 g/mol. The van der Waals surface area contributed by atoms with Gasteiger partial charge >= 0.3 is 0 Å². The van der Waals surface area contributed by atoms with Crippen LogP contribution in [0.15, 0.2) is 91.0 Å². The number of aliphatic hydroxyl groups is 1. The first-order valence-electron chi connectivity index (χ1n) is 12.9. The maximum Gasteiger partial charge on any atom is 0.298 e. The van der Waals surface area contributed by atoms with Crippen LogP contribution in [0.5, 0.6) is 0 Å². The molecule has 0 aliphatic rings. The fourth-order valence-electron chi connectivity index (χ4n) is 4.49. The Hall–Kier alpha value is -4.23. The van der Waals surface area contributed by atoms with Gasteiger partial charge in [-0.2, -0.15) is 8.78 Å². The smallest absolute Gasteiger partial charge is 0.298 e. The summed E-state index contributed by atoms with van der Waals surface area (Å²) < 4.78 is 42.3. The summed E-state index contributed by atoms with van der Waals surface area (Å²) in [6.45, 7) is 2.91. The Balaban J connectivity index is 1.41. The Morgan fingerprint density at radius 2 is 1.45 bits per heavy atom. The van der Waals surface area contributed by atoms with E-state index in [4.69, 9.17) is 0 Å². The lowest BCUT2D eigenvalue weighted by Gasteiger charge is -2.20. The Morgan fingerprint density at radius 1 is 0.875 bits per heavy atom. The van der Waals surface area contributed by atoms with Crippen molar-refractivity contribution in [3.05, 3.63) is 125 Å². The summed E-state index contributed by atoms with van der Waals surface area (Å²) in [7, 11) is 1.65. The van der Waals surface area contributed by atoms with Gasteiger partial charge in [0.15, 0.2) is 0 Å². The van der Waals surface area contributed by atoms with Gasteiger partial charge < -0.3 is 10.0 Å². The molecule has 0 spiro atoms. The van der Waals surface area contributed by atoms with Gasteiger partial charge in [0.1, 0.15) is 17.7 Å². The van der Waals surface area contributed by atoms with E-state index < -0.39 is 12.0 Å². The number of carbonyl (C=O) groups is 2. The van der Waals surface area contributed by atoms with Crippen molar-refractivity contribution < 1.29 is 27.9 Å². The highest BCUT2D eigenvalue weighted by molar-refractivity contribution is 6.06. The molecule has 7 heteroatoms. The SMILES string of the molecule is Cc1cc(-c2ccccc2F)cc(N(C)C(=O)c2ccc(CC(=O)Cc3ccc(C(F)(F)C(C)O)cc3)cc2)c1. The fourth-order valence-corrected chi connectivity index (χ4v) is 4.49. The number of hydrogen-bond acceptors (Lipinski definition) is 3. The molecule has 4 rings (SSSR count). The second-order valence-corrected chi connectivity index (χ2v) is 9.99. The summed E-state index contributed by atoms with van der Waals surface area (Å²) in [4.78, 5) is 27.3. The number of ketones is 1. The fraction of sp³-hybridized carbons (Fsp3) is 0.212. The molecular weight excluding hydrogens is 515 g/mol. The van der Waals surface area contributed by atoms with E-state index in [9.17, 15) is 27.9 Å². The molecule has 0 fully saturated rings. The van der Waals surface area contributed by atoms with E-state index in [1.165, 1.54) is 35.2 Å². The molecule has 1 atom stereocenters. The van der Waals surface area contributed by atoms with Crippen molar-refractivity contribution in [2.75, 3.05) is 11.9 Å².